The van der Waals surface area contributed by atoms with Crippen LogP contribution in [0, 0.1) is 116 Å². The number of hydrogen-bond acceptors (Lipinski definition) is 9. The molecule has 0 aliphatic heterocycles. The topological polar surface area (TPSA) is 208 Å². The number of tetrazole rings is 1. The average molecular weight is 1220 g/mol. The summed E-state index contributed by atoms with van der Waals surface area (Å²) in [4.78, 5) is 3.19. The van der Waals surface area contributed by atoms with Gasteiger partial charge in [0.25, 0.3) is 0 Å². The number of aliphatic hydroxyl groups is 4. The van der Waals surface area contributed by atoms with Crippen molar-refractivity contribution in [2.45, 2.75) is 301 Å². The van der Waals surface area contributed by atoms with Gasteiger partial charge in [0.1, 0.15) is 0 Å². The molecule has 12 nitrogen and oxygen atoms in total. The standard InChI is InChI=1S/C27H46N4O2.C27H45NO2.3C4H9.CH4.N3.Sn/c1-5-18-22-15-17(32)11-13-27(22,4)21-12-14-26(3)19(9-10-20(26)24(21)25(18)33)16(2)7-6-8-23-28-30-31-29-23;1-5-19-23-16-18(29)11-13-27(23,4)22-12-14-26(3)20(17(2)8-6-7-15-28)9-10-21(26)24(22)25(19)30;3*1-3-4-2;;1-3-2;/h16-22,24-25,32-33H,5-15H2,1-4H3,(H,28,29,30,31);17-25,29-30H,5-14,16H2,1-4H3;3*1,3-4H2,2H3;1H4;;/q;;;;;;-1;+1/t16-,17-,18-,19-,20+,21+,22+,24+,25-,26-,27-;17-,18-,19-,20-,21+,22+,23+,24+,25-,26-,27-;;;;;;/m11....../s1. The molecule has 0 saturated heterocycles. The van der Waals surface area contributed by atoms with E-state index in [1.807, 2.05) is 0 Å². The molecule has 13 heteroatoms. The smallest absolute Gasteiger partial charge is 0.174 e. The molecule has 22 atom stereocenters. The number of nitrogens with one attached hydrogen (secondary N) is 1. The van der Waals surface area contributed by atoms with Crippen LogP contribution >= 0.6 is 0 Å². The van der Waals surface area contributed by atoms with E-state index in [2.05, 4.69) is 111 Å². The van der Waals surface area contributed by atoms with Crippen LogP contribution in [0.1, 0.15) is 263 Å². The van der Waals surface area contributed by atoms with Crippen LogP contribution in [-0.4, -0.2) is 84.1 Å². The summed E-state index contributed by atoms with van der Waals surface area (Å²) in [6.07, 6.45) is 31.3. The zero-order valence-corrected chi connectivity index (χ0v) is 55.1. The van der Waals surface area contributed by atoms with E-state index in [9.17, 15) is 20.4 Å². The molecule has 0 unspecified atom stereocenters. The molecule has 8 aliphatic carbocycles. The minimum atomic E-state index is -2.45. The molecule has 9 rings (SSSR count). The number of aliphatic hydroxyl groups excluding tert-OH is 4. The summed E-state index contributed by atoms with van der Waals surface area (Å²) in [5.41, 5.74) is 10.1. The number of azide groups is 1. The van der Waals surface area contributed by atoms with E-state index in [1.54, 1.807) is 0 Å². The first-order valence-electron chi connectivity index (χ1n) is 33.7. The summed E-state index contributed by atoms with van der Waals surface area (Å²) in [5.74, 6) is 8.79. The van der Waals surface area contributed by atoms with Gasteiger partial charge >= 0.3 is 105 Å². The molecule has 1 heterocycles. The average Bonchev–Trinajstić information content (AvgIpc) is 4.32. The number of nitriles is 1. The number of hydrogen-bond donors (Lipinski definition) is 5. The van der Waals surface area contributed by atoms with Crippen molar-refractivity contribution in [2.75, 3.05) is 0 Å². The van der Waals surface area contributed by atoms with Crippen molar-refractivity contribution in [3.8, 4) is 6.07 Å². The molecule has 458 valence electrons. The predicted molar refractivity (Wildman–Crippen MR) is 329 cm³/mol. The Morgan fingerprint density at radius 1 is 0.625 bits per heavy atom. The van der Waals surface area contributed by atoms with Gasteiger partial charge < -0.3 is 20.4 Å². The maximum atomic E-state index is 11.8. The fraction of sp³-hybridized carbons (Fsp3) is 0.970. The molecule has 1 aromatic rings. The van der Waals surface area contributed by atoms with Gasteiger partial charge in [0.2, 0.25) is 0 Å². The molecule has 8 saturated carbocycles. The van der Waals surface area contributed by atoms with E-state index in [0.717, 1.165) is 88.3 Å². The fourth-order valence-corrected chi connectivity index (χ4v) is 34.0. The first kappa shape index (κ1) is 67.6. The monoisotopic (exact) mass is 1220 g/mol. The number of rotatable bonds is 21. The second-order valence-corrected chi connectivity index (χ2v) is 41.5. The quantitative estimate of drug-likeness (QED) is 0.0262. The molecule has 8 fully saturated rings. The molecule has 0 bridgehead atoms. The number of aryl methyl sites for hydroxylation is 1. The third kappa shape index (κ3) is 13.8. The molecular weight excluding hydrogens is 1100 g/mol. The SMILES string of the molecule is C.CCC[CH2][Sn]([CH2]CCC)([CH2]CCC)[N]=[N+]=[N-].CC[C@H]1[C@@H](O)[C@@H]2[C@H](CC[C@]3(C)[C@@H]([C@H](C)CCCC#N)CC[C@@H]23)[C@@]2(C)CC[C@@H](O)C[C@@H]12.CC[C@H]1[C@@H](O)[C@@H]2[C@H](CC[C@]3(C)[C@@H]([C@H](C)CCCc4nn[nH]n4)CC[C@@H]23)[C@@]2(C)CC[C@@H](O)C[C@@H]12. The van der Waals surface area contributed by atoms with Crippen LogP contribution in [0.15, 0.2) is 3.34 Å². The van der Waals surface area contributed by atoms with E-state index in [1.165, 1.54) is 116 Å². The Labute approximate surface area is 493 Å². The first-order valence-corrected chi connectivity index (χ1v) is 41.0. The van der Waals surface area contributed by atoms with Crippen molar-refractivity contribution in [3.05, 3.63) is 16.3 Å². The number of fused-ring (bicyclic) bond motifs is 10. The van der Waals surface area contributed by atoms with Crippen molar-refractivity contribution in [1.29, 1.82) is 5.26 Å². The van der Waals surface area contributed by atoms with Crippen LogP contribution in [0.5, 0.6) is 0 Å². The molecule has 80 heavy (non-hydrogen) atoms. The zero-order valence-electron chi connectivity index (χ0n) is 52.2. The molecule has 0 amide bonds. The first-order chi connectivity index (χ1) is 37.8. The summed E-state index contributed by atoms with van der Waals surface area (Å²) in [6, 6.07) is 2.32. The molecule has 8 aliphatic rings. The van der Waals surface area contributed by atoms with Gasteiger partial charge in [-0.2, -0.15) is 10.5 Å². The minimum absolute atomic E-state index is 0. The van der Waals surface area contributed by atoms with Crippen LogP contribution in [0.2, 0.25) is 13.3 Å². The Kier molecular flexibility index (Phi) is 25.1. The van der Waals surface area contributed by atoms with Crippen molar-refractivity contribution >= 4 is 18.7 Å². The van der Waals surface area contributed by atoms with Gasteiger partial charge in [0.15, 0.2) is 5.82 Å². The van der Waals surface area contributed by atoms with Gasteiger partial charge in [-0.3, -0.25) is 0 Å². The summed E-state index contributed by atoms with van der Waals surface area (Å²) in [6.45, 7) is 26.3. The van der Waals surface area contributed by atoms with Crippen LogP contribution in [0.25, 0.3) is 10.4 Å². The molecule has 1 aromatic heterocycles. The Balaban J connectivity index is 0.000000204. The fourth-order valence-electron chi connectivity index (χ4n) is 21.8. The third-order valence-corrected chi connectivity index (χ3v) is 38.4. The maximum absolute atomic E-state index is 11.8. The minimum Gasteiger partial charge on any atom is -0.393 e. The van der Waals surface area contributed by atoms with Crippen molar-refractivity contribution in [2.24, 2.45) is 108 Å². The van der Waals surface area contributed by atoms with Crippen molar-refractivity contribution in [3.63, 3.8) is 0 Å². The summed E-state index contributed by atoms with van der Waals surface area (Å²) in [7, 11) is 0. The van der Waals surface area contributed by atoms with Gasteiger partial charge in [-0.05, 0) is 220 Å². The molecule has 0 aromatic carbocycles. The van der Waals surface area contributed by atoms with Gasteiger partial charge in [0.05, 0.1) is 30.5 Å². The Hall–Kier alpha value is -1.49. The molecule has 5 N–H and O–H groups in total. The van der Waals surface area contributed by atoms with Gasteiger partial charge in [0, 0.05) is 12.8 Å². The van der Waals surface area contributed by atoms with Gasteiger partial charge in [-0.1, -0.05) is 80.9 Å². The number of aromatic nitrogens is 4. The van der Waals surface area contributed by atoms with E-state index in [4.69, 9.17) is 10.8 Å². The van der Waals surface area contributed by atoms with E-state index < -0.39 is 18.7 Å². The van der Waals surface area contributed by atoms with Crippen molar-refractivity contribution in [1.82, 2.24) is 20.6 Å². The largest absolute Gasteiger partial charge is 0.393 e. The number of unbranched alkanes of at least 4 members (excludes halogenated alkanes) is 4. The number of aromatic amines is 1. The van der Waals surface area contributed by atoms with Crippen LogP contribution in [0.3, 0.4) is 0 Å². The van der Waals surface area contributed by atoms with Gasteiger partial charge in [-0.25, -0.2) is 0 Å². The zero-order chi connectivity index (χ0) is 57.3. The van der Waals surface area contributed by atoms with Crippen molar-refractivity contribution < 1.29 is 20.4 Å². The maximum Gasteiger partial charge on any atom is 0.174 e. The van der Waals surface area contributed by atoms with E-state index in [-0.39, 0.29) is 31.8 Å². The Morgan fingerprint density at radius 3 is 1.44 bits per heavy atom. The Morgan fingerprint density at radius 2 is 1.05 bits per heavy atom. The van der Waals surface area contributed by atoms with E-state index >= 15 is 0 Å². The van der Waals surface area contributed by atoms with Crippen LogP contribution in [-0.2, 0) is 6.42 Å². The van der Waals surface area contributed by atoms with E-state index in [0.29, 0.717) is 99.1 Å². The van der Waals surface area contributed by atoms with Crippen LogP contribution in [0.4, 0.5) is 0 Å². The predicted octanol–water partition coefficient (Wildman–Crippen LogP) is 17.0. The molecule has 0 radical (unpaired) electrons. The second-order valence-electron chi connectivity index (χ2n) is 29.7. The molecule has 0 spiro atoms. The van der Waals surface area contributed by atoms with Gasteiger partial charge in [-0.15, -0.1) is 10.2 Å². The summed E-state index contributed by atoms with van der Waals surface area (Å²) in [5, 5.41) is 67.9. The van der Waals surface area contributed by atoms with Crippen LogP contribution < -0.4 is 0 Å². The summed E-state index contributed by atoms with van der Waals surface area (Å²) >= 11 is -2.45. The number of nitrogens with zero attached hydrogens (tertiary/aromatic N) is 7. The number of H-pyrrole nitrogens is 1. The Bertz CT molecular complexity index is 2080. The summed E-state index contributed by atoms with van der Waals surface area (Å²) < 4.78 is 8.18. The normalized spacial score (nSPS) is 41.3. The second kappa shape index (κ2) is 29.7. The third-order valence-electron chi connectivity index (χ3n) is 25.9. The molecular formula is C67H122N8O4Sn.